The fraction of sp³-hybridized carbons (Fsp3) is 0.833. The average molecular weight is 241 g/mol. The van der Waals surface area contributed by atoms with Gasteiger partial charge in [-0.05, 0) is 25.2 Å². The molecule has 1 aliphatic carbocycles. The van der Waals surface area contributed by atoms with Gasteiger partial charge in [-0.2, -0.15) is 0 Å². The van der Waals surface area contributed by atoms with Crippen LogP contribution in [0.3, 0.4) is 0 Å². The molecule has 98 valence electrons. The van der Waals surface area contributed by atoms with Gasteiger partial charge in [-0.1, -0.05) is 13.8 Å². The van der Waals surface area contributed by atoms with Crippen LogP contribution in [0.4, 0.5) is 0 Å². The summed E-state index contributed by atoms with van der Waals surface area (Å²) in [7, 11) is 0. The molecule has 4 N–H and O–H groups in total. The van der Waals surface area contributed by atoms with Crippen molar-refractivity contribution in [3.05, 3.63) is 0 Å². The summed E-state index contributed by atoms with van der Waals surface area (Å²) in [4.78, 5) is 23.3. The van der Waals surface area contributed by atoms with Crippen LogP contribution in [0.15, 0.2) is 0 Å². The van der Waals surface area contributed by atoms with Crippen molar-refractivity contribution in [3.8, 4) is 0 Å². The highest BCUT2D eigenvalue weighted by atomic mass is 16.2. The Kier molecular flexibility index (Phi) is 4.93. The molecule has 0 aliphatic heterocycles. The molecule has 1 fully saturated rings. The molecule has 0 atom stereocenters. The summed E-state index contributed by atoms with van der Waals surface area (Å²) in [5.41, 5.74) is 5.23. The SMILES string of the molecule is CCCNC(=O)CNC(=O)C1(CN)CC(C)C1. The van der Waals surface area contributed by atoms with Gasteiger partial charge in [0.2, 0.25) is 11.8 Å². The Bertz CT molecular complexity index is 285. The molecule has 0 unspecified atom stereocenters. The number of carbonyl (C=O) groups excluding carboxylic acids is 2. The lowest BCUT2D eigenvalue weighted by Gasteiger charge is -2.44. The molecule has 0 bridgehead atoms. The molecule has 1 aliphatic rings. The molecule has 0 aromatic heterocycles. The van der Waals surface area contributed by atoms with Crippen molar-refractivity contribution in [1.82, 2.24) is 10.6 Å². The lowest BCUT2D eigenvalue weighted by atomic mass is 9.62. The first-order valence-corrected chi connectivity index (χ1v) is 6.29. The molecule has 1 rings (SSSR count). The quantitative estimate of drug-likeness (QED) is 0.612. The predicted octanol–water partition coefficient (Wildman–Crippen LogP) is 0.00380. The Hall–Kier alpha value is -1.10. The highest BCUT2D eigenvalue weighted by Crippen LogP contribution is 2.44. The van der Waals surface area contributed by atoms with Gasteiger partial charge in [0.15, 0.2) is 0 Å². The lowest BCUT2D eigenvalue weighted by molar-refractivity contribution is -0.139. The maximum Gasteiger partial charge on any atom is 0.239 e. The van der Waals surface area contributed by atoms with Gasteiger partial charge >= 0.3 is 0 Å². The summed E-state index contributed by atoms with van der Waals surface area (Å²) < 4.78 is 0. The predicted molar refractivity (Wildman–Crippen MR) is 66.2 cm³/mol. The molecule has 1 saturated carbocycles. The van der Waals surface area contributed by atoms with Crippen molar-refractivity contribution in [1.29, 1.82) is 0 Å². The second-order valence-electron chi connectivity index (χ2n) is 5.03. The number of amides is 2. The molecule has 5 nitrogen and oxygen atoms in total. The number of hydrogen-bond donors (Lipinski definition) is 3. The number of nitrogens with two attached hydrogens (primary N) is 1. The Balaban J connectivity index is 2.31. The van der Waals surface area contributed by atoms with E-state index in [1.807, 2.05) is 6.92 Å². The Morgan fingerprint density at radius 2 is 2.00 bits per heavy atom. The fourth-order valence-corrected chi connectivity index (χ4v) is 2.39. The third kappa shape index (κ3) is 3.43. The Labute approximate surface area is 103 Å². The largest absolute Gasteiger partial charge is 0.355 e. The van der Waals surface area contributed by atoms with Gasteiger partial charge < -0.3 is 16.4 Å². The number of carbonyl (C=O) groups is 2. The number of rotatable bonds is 6. The summed E-state index contributed by atoms with van der Waals surface area (Å²) >= 11 is 0. The third-order valence-corrected chi connectivity index (χ3v) is 3.33. The van der Waals surface area contributed by atoms with Gasteiger partial charge in [0.25, 0.3) is 0 Å². The van der Waals surface area contributed by atoms with E-state index in [0.29, 0.717) is 19.0 Å². The molecule has 2 amide bonds. The minimum absolute atomic E-state index is 0.0506. The number of nitrogens with one attached hydrogen (secondary N) is 2. The lowest BCUT2D eigenvalue weighted by Crippen LogP contribution is -2.54. The second-order valence-corrected chi connectivity index (χ2v) is 5.03. The summed E-state index contributed by atoms with van der Waals surface area (Å²) in [5, 5.41) is 5.39. The first-order valence-electron chi connectivity index (χ1n) is 6.29. The smallest absolute Gasteiger partial charge is 0.239 e. The van der Waals surface area contributed by atoms with E-state index in [-0.39, 0.29) is 18.4 Å². The van der Waals surface area contributed by atoms with E-state index in [1.165, 1.54) is 0 Å². The molecular weight excluding hydrogens is 218 g/mol. The summed E-state index contributed by atoms with van der Waals surface area (Å²) in [6.45, 7) is 5.15. The van der Waals surface area contributed by atoms with Gasteiger partial charge in [-0.3, -0.25) is 9.59 Å². The first-order chi connectivity index (χ1) is 8.04. The molecule has 0 spiro atoms. The average Bonchev–Trinajstić information content (AvgIpc) is 2.28. The van der Waals surface area contributed by atoms with Gasteiger partial charge in [0.05, 0.1) is 12.0 Å². The van der Waals surface area contributed by atoms with E-state index in [0.717, 1.165) is 19.3 Å². The standard InChI is InChI=1S/C12H23N3O2/c1-3-4-14-10(16)7-15-11(17)12(8-13)5-9(2)6-12/h9H,3-8,13H2,1-2H3,(H,14,16)(H,15,17). The van der Waals surface area contributed by atoms with E-state index >= 15 is 0 Å². The van der Waals surface area contributed by atoms with Crippen molar-refractivity contribution >= 4 is 11.8 Å². The monoisotopic (exact) mass is 241 g/mol. The molecule has 5 heteroatoms. The molecule has 17 heavy (non-hydrogen) atoms. The van der Waals surface area contributed by atoms with Crippen LogP contribution in [0.5, 0.6) is 0 Å². The second kappa shape index (κ2) is 6.00. The maximum absolute atomic E-state index is 11.9. The van der Waals surface area contributed by atoms with Crippen molar-refractivity contribution in [2.24, 2.45) is 17.1 Å². The Morgan fingerprint density at radius 1 is 1.35 bits per heavy atom. The topological polar surface area (TPSA) is 84.2 Å². The third-order valence-electron chi connectivity index (χ3n) is 3.33. The van der Waals surface area contributed by atoms with Crippen LogP contribution in [0.1, 0.15) is 33.1 Å². The van der Waals surface area contributed by atoms with E-state index in [1.54, 1.807) is 0 Å². The van der Waals surface area contributed by atoms with Crippen LogP contribution in [0, 0.1) is 11.3 Å². The maximum atomic E-state index is 11.9. The van der Waals surface area contributed by atoms with E-state index in [4.69, 9.17) is 5.73 Å². The molecule has 0 saturated heterocycles. The normalized spacial score (nSPS) is 27.1. The van der Waals surface area contributed by atoms with Crippen molar-refractivity contribution in [2.75, 3.05) is 19.6 Å². The minimum atomic E-state index is -0.426. The molecular formula is C12H23N3O2. The van der Waals surface area contributed by atoms with E-state index in [9.17, 15) is 9.59 Å². The van der Waals surface area contributed by atoms with E-state index in [2.05, 4.69) is 17.6 Å². The van der Waals surface area contributed by atoms with Gasteiger partial charge in [-0.15, -0.1) is 0 Å². The van der Waals surface area contributed by atoms with Crippen LogP contribution in [-0.4, -0.2) is 31.4 Å². The van der Waals surface area contributed by atoms with Crippen molar-refractivity contribution in [2.45, 2.75) is 33.1 Å². The van der Waals surface area contributed by atoms with E-state index < -0.39 is 5.41 Å². The van der Waals surface area contributed by atoms with Crippen LogP contribution < -0.4 is 16.4 Å². The van der Waals surface area contributed by atoms with Crippen LogP contribution in [0.25, 0.3) is 0 Å². The van der Waals surface area contributed by atoms with Gasteiger partial charge in [-0.25, -0.2) is 0 Å². The van der Waals surface area contributed by atoms with Crippen LogP contribution in [-0.2, 0) is 9.59 Å². The summed E-state index contributed by atoms with van der Waals surface area (Å²) in [6, 6.07) is 0. The zero-order valence-corrected chi connectivity index (χ0v) is 10.7. The fourth-order valence-electron chi connectivity index (χ4n) is 2.39. The molecule has 0 radical (unpaired) electrons. The Morgan fingerprint density at radius 3 is 2.47 bits per heavy atom. The molecule has 0 heterocycles. The van der Waals surface area contributed by atoms with Crippen LogP contribution >= 0.6 is 0 Å². The number of hydrogen-bond acceptors (Lipinski definition) is 3. The van der Waals surface area contributed by atoms with Crippen molar-refractivity contribution < 1.29 is 9.59 Å². The van der Waals surface area contributed by atoms with Crippen LogP contribution in [0.2, 0.25) is 0 Å². The summed E-state index contributed by atoms with van der Waals surface area (Å²) in [6.07, 6.45) is 2.54. The first kappa shape index (κ1) is 14.0. The zero-order valence-electron chi connectivity index (χ0n) is 10.7. The minimum Gasteiger partial charge on any atom is -0.355 e. The molecule has 0 aromatic carbocycles. The van der Waals surface area contributed by atoms with Gasteiger partial charge in [0.1, 0.15) is 0 Å². The summed E-state index contributed by atoms with van der Waals surface area (Å²) in [5.74, 6) is 0.336. The highest BCUT2D eigenvalue weighted by Gasteiger charge is 2.46. The zero-order chi connectivity index (χ0) is 12.9. The highest BCUT2D eigenvalue weighted by molar-refractivity contribution is 5.88. The van der Waals surface area contributed by atoms with Gasteiger partial charge in [0, 0.05) is 13.1 Å². The molecule has 0 aromatic rings. The van der Waals surface area contributed by atoms with Crippen molar-refractivity contribution in [3.63, 3.8) is 0 Å².